The molecule has 1 aliphatic heterocycles. The maximum absolute atomic E-state index is 6.05. The van der Waals surface area contributed by atoms with Gasteiger partial charge in [0, 0.05) is 28.9 Å². The van der Waals surface area contributed by atoms with Crippen molar-refractivity contribution in [2.24, 2.45) is 5.73 Å². The molecule has 98 valence electrons. The molecule has 0 saturated carbocycles. The van der Waals surface area contributed by atoms with Gasteiger partial charge in [-0.2, -0.15) is 0 Å². The van der Waals surface area contributed by atoms with Gasteiger partial charge < -0.3 is 5.73 Å². The smallest absolute Gasteiger partial charge is 0.0516 e. The Morgan fingerprint density at radius 2 is 2.35 bits per heavy atom. The van der Waals surface area contributed by atoms with E-state index in [2.05, 4.69) is 17.9 Å². The van der Waals surface area contributed by atoms with Gasteiger partial charge in [-0.25, -0.2) is 0 Å². The van der Waals surface area contributed by atoms with E-state index in [4.69, 9.17) is 17.3 Å². The summed E-state index contributed by atoms with van der Waals surface area (Å²) in [4.78, 5) is 3.86. The fourth-order valence-electron chi connectivity index (χ4n) is 2.45. The molecule has 1 fully saturated rings. The molecule has 1 saturated heterocycles. The summed E-state index contributed by atoms with van der Waals surface area (Å²) in [6.45, 7) is 4.29. The van der Waals surface area contributed by atoms with Crippen molar-refractivity contribution >= 4 is 35.3 Å². The molecule has 0 bridgehead atoms. The zero-order valence-corrected chi connectivity index (χ0v) is 12.5. The number of thiophene rings is 1. The average Bonchev–Trinajstić information content (AvgIpc) is 2.64. The fraction of sp³-hybridized carbons (Fsp3) is 0.667. The Morgan fingerprint density at radius 1 is 1.59 bits per heavy atom. The van der Waals surface area contributed by atoms with Crippen LogP contribution in [0.15, 0.2) is 11.4 Å². The van der Waals surface area contributed by atoms with Crippen molar-refractivity contribution in [1.29, 1.82) is 0 Å². The number of nitrogens with zero attached hydrogens (tertiary/aromatic N) is 1. The van der Waals surface area contributed by atoms with E-state index in [0.717, 1.165) is 11.6 Å². The minimum absolute atomic E-state index is 0. The van der Waals surface area contributed by atoms with Crippen molar-refractivity contribution < 1.29 is 0 Å². The van der Waals surface area contributed by atoms with Crippen LogP contribution in [0.4, 0.5) is 0 Å². The Morgan fingerprint density at radius 3 is 2.94 bits per heavy atom. The first-order valence-electron chi connectivity index (χ1n) is 5.89. The monoisotopic (exact) mass is 294 g/mol. The minimum atomic E-state index is 0. The van der Waals surface area contributed by atoms with Crippen molar-refractivity contribution in [2.75, 3.05) is 6.54 Å². The number of hydrogen-bond donors (Lipinski definition) is 1. The van der Waals surface area contributed by atoms with Gasteiger partial charge in [0.25, 0.3) is 0 Å². The van der Waals surface area contributed by atoms with Crippen LogP contribution in [0.25, 0.3) is 0 Å². The molecule has 0 aliphatic carbocycles. The predicted molar refractivity (Wildman–Crippen MR) is 78.3 cm³/mol. The molecule has 0 radical (unpaired) electrons. The summed E-state index contributed by atoms with van der Waals surface area (Å²) in [5.74, 6) is 0. The Kier molecular flexibility index (Phi) is 6.24. The van der Waals surface area contributed by atoms with Crippen molar-refractivity contribution in [3.05, 3.63) is 21.3 Å². The minimum Gasteiger partial charge on any atom is -0.327 e. The van der Waals surface area contributed by atoms with Crippen LogP contribution in [-0.4, -0.2) is 23.5 Å². The molecule has 2 atom stereocenters. The zero-order valence-electron chi connectivity index (χ0n) is 10.1. The van der Waals surface area contributed by atoms with E-state index in [1.54, 1.807) is 11.3 Å². The van der Waals surface area contributed by atoms with Crippen molar-refractivity contribution in [3.63, 3.8) is 0 Å². The molecule has 5 heteroatoms. The lowest BCUT2D eigenvalue weighted by Gasteiger charge is -2.37. The highest BCUT2D eigenvalue weighted by Gasteiger charge is 2.25. The molecule has 2 N–H and O–H groups in total. The molecule has 1 aromatic heterocycles. The summed E-state index contributed by atoms with van der Waals surface area (Å²) < 4.78 is 0. The first-order valence-corrected chi connectivity index (χ1v) is 7.15. The molecule has 1 aromatic rings. The van der Waals surface area contributed by atoms with Gasteiger partial charge in [0.05, 0.1) is 5.02 Å². The molecule has 1 aliphatic rings. The first-order chi connectivity index (χ1) is 7.66. The number of piperidine rings is 1. The molecule has 2 nitrogen and oxygen atoms in total. The van der Waals surface area contributed by atoms with Gasteiger partial charge >= 0.3 is 0 Å². The predicted octanol–water partition coefficient (Wildman–Crippen LogP) is 3.53. The summed E-state index contributed by atoms with van der Waals surface area (Å²) in [5.41, 5.74) is 6.05. The summed E-state index contributed by atoms with van der Waals surface area (Å²) in [6, 6.07) is 2.87. The van der Waals surface area contributed by atoms with E-state index in [0.29, 0.717) is 6.04 Å². The zero-order chi connectivity index (χ0) is 11.5. The molecular formula is C12H20Cl2N2S. The van der Waals surface area contributed by atoms with Crippen LogP contribution in [0.1, 0.15) is 31.1 Å². The number of hydrogen-bond acceptors (Lipinski definition) is 3. The van der Waals surface area contributed by atoms with E-state index in [9.17, 15) is 0 Å². The molecule has 2 heterocycles. The maximum atomic E-state index is 6.05. The largest absolute Gasteiger partial charge is 0.327 e. The number of halogens is 2. The van der Waals surface area contributed by atoms with Crippen molar-refractivity contribution in [2.45, 2.75) is 44.8 Å². The highest BCUT2D eigenvalue weighted by Crippen LogP contribution is 2.25. The third-order valence-corrected chi connectivity index (χ3v) is 4.52. The Hall–Kier alpha value is 0.200. The van der Waals surface area contributed by atoms with Crippen LogP contribution < -0.4 is 5.73 Å². The first kappa shape index (κ1) is 15.3. The van der Waals surface area contributed by atoms with Crippen LogP contribution >= 0.6 is 35.3 Å². The quantitative estimate of drug-likeness (QED) is 0.924. The second-order valence-corrected chi connectivity index (χ2v) is 6.06. The molecule has 0 spiro atoms. The van der Waals surface area contributed by atoms with Gasteiger partial charge in [-0.05, 0) is 32.4 Å². The maximum Gasteiger partial charge on any atom is 0.0516 e. The lowest BCUT2D eigenvalue weighted by atomic mass is 9.97. The van der Waals surface area contributed by atoms with E-state index >= 15 is 0 Å². The summed E-state index contributed by atoms with van der Waals surface area (Å²) in [5, 5.41) is 2.86. The standard InChI is InChI=1S/C12H19ClN2S.ClH/c1-9(14)12-4-2-3-5-15(12)7-11-6-10(13)8-16-11;/h6,8-9,12H,2-5,7,14H2,1H3;1H. The van der Waals surface area contributed by atoms with Gasteiger partial charge in [-0.15, -0.1) is 23.7 Å². The van der Waals surface area contributed by atoms with Crippen molar-refractivity contribution in [3.8, 4) is 0 Å². The van der Waals surface area contributed by atoms with Crippen LogP contribution in [0.3, 0.4) is 0 Å². The van der Waals surface area contributed by atoms with Gasteiger partial charge in [0.2, 0.25) is 0 Å². The molecule has 2 rings (SSSR count). The Bertz CT molecular complexity index is 341. The third-order valence-electron chi connectivity index (χ3n) is 3.25. The molecule has 17 heavy (non-hydrogen) atoms. The second kappa shape index (κ2) is 6.95. The molecule has 2 unspecified atom stereocenters. The fourth-order valence-corrected chi connectivity index (χ4v) is 3.54. The normalized spacial score (nSPS) is 23.1. The third kappa shape index (κ3) is 4.11. The number of likely N-dealkylation sites (tertiary alicyclic amines) is 1. The summed E-state index contributed by atoms with van der Waals surface area (Å²) in [6.07, 6.45) is 3.84. The number of nitrogens with two attached hydrogens (primary N) is 1. The lowest BCUT2D eigenvalue weighted by molar-refractivity contribution is 0.124. The Labute approximate surface area is 119 Å². The highest BCUT2D eigenvalue weighted by molar-refractivity contribution is 7.10. The van der Waals surface area contributed by atoms with Crippen LogP contribution in [0.2, 0.25) is 5.02 Å². The van der Waals surface area contributed by atoms with Gasteiger partial charge in [-0.1, -0.05) is 18.0 Å². The van der Waals surface area contributed by atoms with E-state index < -0.39 is 0 Å². The molecule has 0 amide bonds. The van der Waals surface area contributed by atoms with Gasteiger partial charge in [0.1, 0.15) is 0 Å². The summed E-state index contributed by atoms with van der Waals surface area (Å²) >= 11 is 7.69. The number of rotatable bonds is 3. The second-order valence-electron chi connectivity index (χ2n) is 4.62. The van der Waals surface area contributed by atoms with Crippen LogP contribution in [-0.2, 0) is 6.54 Å². The molecule has 0 aromatic carbocycles. The summed E-state index contributed by atoms with van der Waals surface area (Å²) in [7, 11) is 0. The molecular weight excluding hydrogens is 275 g/mol. The van der Waals surface area contributed by atoms with Crippen molar-refractivity contribution in [1.82, 2.24) is 4.90 Å². The average molecular weight is 295 g/mol. The lowest BCUT2D eigenvalue weighted by Crippen LogP contribution is -2.48. The topological polar surface area (TPSA) is 29.3 Å². The van der Waals surface area contributed by atoms with E-state index in [1.165, 1.54) is 30.7 Å². The van der Waals surface area contributed by atoms with Gasteiger partial charge in [0.15, 0.2) is 0 Å². The van der Waals surface area contributed by atoms with Crippen LogP contribution in [0, 0.1) is 0 Å². The van der Waals surface area contributed by atoms with Gasteiger partial charge in [-0.3, -0.25) is 4.90 Å². The Balaban J connectivity index is 0.00000144. The van der Waals surface area contributed by atoms with E-state index in [1.807, 2.05) is 5.38 Å². The van der Waals surface area contributed by atoms with Crippen LogP contribution in [0.5, 0.6) is 0 Å². The highest BCUT2D eigenvalue weighted by atomic mass is 35.5. The SMILES string of the molecule is CC(N)C1CCCCN1Cc1cc(Cl)cs1.Cl. The van der Waals surface area contributed by atoms with E-state index in [-0.39, 0.29) is 18.4 Å².